The summed E-state index contributed by atoms with van der Waals surface area (Å²) in [5.74, 6) is 1.13. The van der Waals surface area contributed by atoms with Crippen LogP contribution in [0.15, 0.2) is 35.2 Å². The third kappa shape index (κ3) is 5.14. The molecule has 0 atom stereocenters. The minimum atomic E-state index is -3.74. The first-order valence-corrected chi connectivity index (χ1v) is 9.27. The number of aryl methyl sites for hydroxylation is 1. The first-order chi connectivity index (χ1) is 12.0. The van der Waals surface area contributed by atoms with Crippen LogP contribution in [0.3, 0.4) is 0 Å². The number of nitriles is 1. The van der Waals surface area contributed by atoms with Crippen molar-refractivity contribution in [3.63, 3.8) is 0 Å². The van der Waals surface area contributed by atoms with Crippen LogP contribution in [0, 0.1) is 18.3 Å². The van der Waals surface area contributed by atoms with Gasteiger partial charge in [-0.25, -0.2) is 18.1 Å². The molecule has 0 fully saturated rings. The van der Waals surface area contributed by atoms with Gasteiger partial charge in [-0.2, -0.15) is 10.2 Å². The molecule has 9 heteroatoms. The van der Waals surface area contributed by atoms with Crippen LogP contribution in [0.5, 0.6) is 0 Å². The van der Waals surface area contributed by atoms with Crippen molar-refractivity contribution < 1.29 is 8.42 Å². The van der Waals surface area contributed by atoms with Crippen molar-refractivity contribution in [2.75, 3.05) is 30.3 Å². The standard InChI is InChI=1S/C16H20N6O2S/c1-3-18-16-21-12(2)10-15(22-16)19-8-9-20-25(23,24)14-7-5-4-6-13(14)11-17/h4-7,10,20H,3,8-9H2,1-2H3,(H2,18,19,21,22). The Hall–Kier alpha value is -2.70. The average molecular weight is 360 g/mol. The van der Waals surface area contributed by atoms with Gasteiger partial charge in [-0.1, -0.05) is 12.1 Å². The van der Waals surface area contributed by atoms with Crippen molar-refractivity contribution in [1.82, 2.24) is 14.7 Å². The molecule has 3 N–H and O–H groups in total. The van der Waals surface area contributed by atoms with E-state index in [2.05, 4.69) is 25.3 Å². The Labute approximate surface area is 147 Å². The second-order valence-corrected chi connectivity index (χ2v) is 6.92. The van der Waals surface area contributed by atoms with Crippen LogP contribution in [0.1, 0.15) is 18.2 Å². The fourth-order valence-electron chi connectivity index (χ4n) is 2.14. The molecule has 0 unspecified atom stereocenters. The van der Waals surface area contributed by atoms with Crippen molar-refractivity contribution in [3.8, 4) is 6.07 Å². The highest BCUT2D eigenvalue weighted by Crippen LogP contribution is 2.14. The molecule has 25 heavy (non-hydrogen) atoms. The maximum absolute atomic E-state index is 12.3. The lowest BCUT2D eigenvalue weighted by atomic mass is 10.2. The predicted molar refractivity (Wildman–Crippen MR) is 95.8 cm³/mol. The van der Waals surface area contributed by atoms with E-state index < -0.39 is 10.0 Å². The normalized spacial score (nSPS) is 10.9. The molecule has 0 aliphatic rings. The molecule has 0 aliphatic heterocycles. The van der Waals surface area contributed by atoms with Gasteiger partial charge in [-0.3, -0.25) is 0 Å². The van der Waals surface area contributed by atoms with Gasteiger partial charge >= 0.3 is 0 Å². The predicted octanol–water partition coefficient (Wildman–Crippen LogP) is 1.48. The Morgan fingerprint density at radius 3 is 2.64 bits per heavy atom. The summed E-state index contributed by atoms with van der Waals surface area (Å²) in [6, 6.07) is 9.75. The zero-order chi connectivity index (χ0) is 18.3. The second kappa shape index (κ2) is 8.41. The number of rotatable bonds is 8. The summed E-state index contributed by atoms with van der Waals surface area (Å²) in [4.78, 5) is 8.51. The van der Waals surface area contributed by atoms with Gasteiger partial charge in [-0.05, 0) is 26.0 Å². The Bertz CT molecular complexity index is 876. The number of nitrogens with one attached hydrogen (secondary N) is 3. The van der Waals surface area contributed by atoms with Gasteiger partial charge in [0.1, 0.15) is 11.9 Å². The molecule has 0 aliphatic carbocycles. The molecule has 1 aromatic carbocycles. The highest BCUT2D eigenvalue weighted by Gasteiger charge is 2.17. The van der Waals surface area contributed by atoms with Gasteiger partial charge in [0.15, 0.2) is 0 Å². The Morgan fingerprint density at radius 2 is 1.92 bits per heavy atom. The monoisotopic (exact) mass is 360 g/mol. The molecule has 8 nitrogen and oxygen atoms in total. The van der Waals surface area contributed by atoms with Crippen LogP contribution in [0.4, 0.5) is 11.8 Å². The number of anilines is 2. The van der Waals surface area contributed by atoms with Gasteiger partial charge in [0.2, 0.25) is 16.0 Å². The Morgan fingerprint density at radius 1 is 1.16 bits per heavy atom. The van der Waals surface area contributed by atoms with E-state index >= 15 is 0 Å². The van der Waals surface area contributed by atoms with E-state index in [1.165, 1.54) is 12.1 Å². The van der Waals surface area contributed by atoms with E-state index in [1.54, 1.807) is 18.2 Å². The number of nitrogens with zero attached hydrogens (tertiary/aromatic N) is 3. The smallest absolute Gasteiger partial charge is 0.241 e. The molecule has 2 aromatic rings. The summed E-state index contributed by atoms with van der Waals surface area (Å²) in [6.07, 6.45) is 0. The van der Waals surface area contributed by atoms with Crippen molar-refractivity contribution in [1.29, 1.82) is 5.26 Å². The van der Waals surface area contributed by atoms with Gasteiger partial charge < -0.3 is 10.6 Å². The van der Waals surface area contributed by atoms with E-state index in [-0.39, 0.29) is 17.0 Å². The number of hydrogen-bond acceptors (Lipinski definition) is 7. The first kappa shape index (κ1) is 18.6. The summed E-state index contributed by atoms with van der Waals surface area (Å²) in [7, 11) is -3.74. The molecule has 2 rings (SSSR count). The van der Waals surface area contributed by atoms with E-state index in [4.69, 9.17) is 5.26 Å². The highest BCUT2D eigenvalue weighted by molar-refractivity contribution is 7.89. The SMILES string of the molecule is CCNc1nc(C)cc(NCCNS(=O)(=O)c2ccccc2C#N)n1. The largest absolute Gasteiger partial charge is 0.369 e. The molecule has 0 saturated heterocycles. The van der Waals surface area contributed by atoms with E-state index in [1.807, 2.05) is 19.9 Å². The minimum Gasteiger partial charge on any atom is -0.369 e. The maximum atomic E-state index is 12.3. The molecule has 0 bridgehead atoms. The van der Waals surface area contributed by atoms with Crippen molar-refractivity contribution in [3.05, 3.63) is 41.6 Å². The van der Waals surface area contributed by atoms with E-state index in [0.29, 0.717) is 24.9 Å². The van der Waals surface area contributed by atoms with Crippen LogP contribution in [-0.4, -0.2) is 38.0 Å². The topological polar surface area (TPSA) is 120 Å². The van der Waals surface area contributed by atoms with Crippen molar-refractivity contribution in [2.24, 2.45) is 0 Å². The molecule has 1 heterocycles. The van der Waals surface area contributed by atoms with Gasteiger partial charge in [0.05, 0.1) is 10.5 Å². The van der Waals surface area contributed by atoms with Crippen LogP contribution in [0.25, 0.3) is 0 Å². The minimum absolute atomic E-state index is 0.0233. The lowest BCUT2D eigenvalue weighted by Gasteiger charge is -2.10. The van der Waals surface area contributed by atoms with Gasteiger partial charge in [0.25, 0.3) is 0 Å². The zero-order valence-electron chi connectivity index (χ0n) is 14.1. The second-order valence-electron chi connectivity index (χ2n) is 5.18. The molecule has 1 aromatic heterocycles. The van der Waals surface area contributed by atoms with Gasteiger partial charge in [0, 0.05) is 31.4 Å². The molecule has 0 spiro atoms. The number of benzene rings is 1. The van der Waals surface area contributed by atoms with Crippen LogP contribution in [-0.2, 0) is 10.0 Å². The lowest BCUT2D eigenvalue weighted by molar-refractivity contribution is 0.582. The number of sulfonamides is 1. The van der Waals surface area contributed by atoms with E-state index in [0.717, 1.165) is 5.69 Å². The average Bonchev–Trinajstić information content (AvgIpc) is 2.58. The first-order valence-electron chi connectivity index (χ1n) is 7.78. The maximum Gasteiger partial charge on any atom is 0.241 e. The molecule has 0 amide bonds. The summed E-state index contributed by atoms with van der Waals surface area (Å²) in [5, 5.41) is 15.1. The number of aromatic nitrogens is 2. The number of hydrogen-bond donors (Lipinski definition) is 3. The van der Waals surface area contributed by atoms with Crippen LogP contribution < -0.4 is 15.4 Å². The lowest BCUT2D eigenvalue weighted by Crippen LogP contribution is -2.29. The summed E-state index contributed by atoms with van der Waals surface area (Å²) < 4.78 is 27.1. The van der Waals surface area contributed by atoms with Crippen molar-refractivity contribution in [2.45, 2.75) is 18.7 Å². The quantitative estimate of drug-likeness (QED) is 0.610. The summed E-state index contributed by atoms with van der Waals surface area (Å²) in [5.41, 5.74) is 0.918. The van der Waals surface area contributed by atoms with Crippen LogP contribution in [0.2, 0.25) is 0 Å². The summed E-state index contributed by atoms with van der Waals surface area (Å²) in [6.45, 7) is 5.01. The highest BCUT2D eigenvalue weighted by atomic mass is 32.2. The van der Waals surface area contributed by atoms with Crippen molar-refractivity contribution >= 4 is 21.8 Å². The molecule has 0 radical (unpaired) electrons. The fourth-order valence-corrected chi connectivity index (χ4v) is 3.33. The molecule has 132 valence electrons. The molecular formula is C16H20N6O2S. The third-order valence-corrected chi connectivity index (χ3v) is 4.73. The third-order valence-electron chi connectivity index (χ3n) is 3.21. The molecular weight excluding hydrogens is 340 g/mol. The Balaban J connectivity index is 1.96. The zero-order valence-corrected chi connectivity index (χ0v) is 14.9. The van der Waals surface area contributed by atoms with Crippen LogP contribution >= 0.6 is 0 Å². The molecule has 0 saturated carbocycles. The Kier molecular flexibility index (Phi) is 6.27. The van der Waals surface area contributed by atoms with Gasteiger partial charge in [-0.15, -0.1) is 0 Å². The fraction of sp³-hybridized carbons (Fsp3) is 0.312. The van der Waals surface area contributed by atoms with E-state index in [9.17, 15) is 8.42 Å². The summed E-state index contributed by atoms with van der Waals surface area (Å²) >= 11 is 0.